The van der Waals surface area contributed by atoms with Crippen LogP contribution in [0.3, 0.4) is 0 Å². The number of rotatable bonds is 4. The maximum Gasteiger partial charge on any atom is 0.313 e. The fourth-order valence-electron chi connectivity index (χ4n) is 1.28. The summed E-state index contributed by atoms with van der Waals surface area (Å²) in [6.45, 7) is 0. The van der Waals surface area contributed by atoms with Gasteiger partial charge in [0.2, 0.25) is 10.0 Å². The number of nitro benzene ring substituents is 1. The second kappa shape index (κ2) is 4.69. The number of nitrogens with zero attached hydrogens (tertiary/aromatic N) is 2. The SMILES string of the molecule is COc1cc(O)c([N+](=O)[O-])cc1N(C)S(C)(=O)=O. The first-order valence-electron chi connectivity index (χ1n) is 4.67. The molecule has 0 fully saturated rings. The highest BCUT2D eigenvalue weighted by Crippen LogP contribution is 2.39. The van der Waals surface area contributed by atoms with Gasteiger partial charge in [-0.25, -0.2) is 8.42 Å². The average Bonchev–Trinajstić information content (AvgIpc) is 2.25. The minimum absolute atomic E-state index is 0.0195. The molecule has 0 saturated carbocycles. The summed E-state index contributed by atoms with van der Waals surface area (Å²) in [5.74, 6) is -0.575. The van der Waals surface area contributed by atoms with Gasteiger partial charge in [-0.15, -0.1) is 0 Å². The van der Waals surface area contributed by atoms with Gasteiger partial charge in [0.05, 0.1) is 18.3 Å². The molecule has 1 N–H and O–H groups in total. The van der Waals surface area contributed by atoms with Gasteiger partial charge in [-0.3, -0.25) is 14.4 Å². The monoisotopic (exact) mass is 276 g/mol. The standard InChI is InChI=1S/C9H12N2O6S/c1-10(18(3,15)16)7-4-6(11(13)14)8(12)5-9(7)17-2/h4-5,12H,1-3H3. The van der Waals surface area contributed by atoms with Crippen molar-refractivity contribution >= 4 is 21.4 Å². The lowest BCUT2D eigenvalue weighted by molar-refractivity contribution is -0.385. The fraction of sp³-hybridized carbons (Fsp3) is 0.333. The lowest BCUT2D eigenvalue weighted by Gasteiger charge is -2.19. The van der Waals surface area contributed by atoms with E-state index >= 15 is 0 Å². The van der Waals surface area contributed by atoms with E-state index in [0.717, 1.165) is 22.7 Å². The highest BCUT2D eigenvalue weighted by atomic mass is 32.2. The van der Waals surface area contributed by atoms with Crippen molar-refractivity contribution < 1.29 is 23.2 Å². The average molecular weight is 276 g/mol. The van der Waals surface area contributed by atoms with Gasteiger partial charge in [0.1, 0.15) is 11.4 Å². The van der Waals surface area contributed by atoms with Crippen molar-refractivity contribution in [3.63, 3.8) is 0 Å². The molecule has 0 bridgehead atoms. The molecular weight excluding hydrogens is 264 g/mol. The number of hydrogen-bond donors (Lipinski definition) is 1. The predicted octanol–water partition coefficient (Wildman–Crippen LogP) is 0.705. The Hall–Kier alpha value is -2.03. The van der Waals surface area contributed by atoms with Gasteiger partial charge in [-0.05, 0) is 0 Å². The maximum atomic E-state index is 11.4. The molecule has 0 aliphatic carbocycles. The number of hydrogen-bond acceptors (Lipinski definition) is 6. The summed E-state index contributed by atoms with van der Waals surface area (Å²) in [7, 11) is -1.10. The van der Waals surface area contributed by atoms with Crippen LogP contribution in [0.5, 0.6) is 11.5 Å². The van der Waals surface area contributed by atoms with Crippen LogP contribution in [0, 0.1) is 10.1 Å². The number of nitro groups is 1. The second-order valence-electron chi connectivity index (χ2n) is 3.50. The van der Waals surface area contributed by atoms with Crippen molar-refractivity contribution in [2.24, 2.45) is 0 Å². The number of phenols is 1. The van der Waals surface area contributed by atoms with Crippen LogP contribution < -0.4 is 9.04 Å². The molecule has 1 aromatic rings. The quantitative estimate of drug-likeness (QED) is 0.640. The van der Waals surface area contributed by atoms with Crippen molar-refractivity contribution in [2.75, 3.05) is 24.7 Å². The van der Waals surface area contributed by atoms with Gasteiger partial charge in [0, 0.05) is 19.2 Å². The smallest absolute Gasteiger partial charge is 0.313 e. The van der Waals surface area contributed by atoms with Gasteiger partial charge in [0.25, 0.3) is 0 Å². The third-order valence-corrected chi connectivity index (χ3v) is 3.50. The molecule has 18 heavy (non-hydrogen) atoms. The van der Waals surface area contributed by atoms with E-state index < -0.39 is 26.4 Å². The third kappa shape index (κ3) is 2.62. The van der Waals surface area contributed by atoms with E-state index in [-0.39, 0.29) is 11.4 Å². The van der Waals surface area contributed by atoms with Crippen molar-refractivity contribution in [1.82, 2.24) is 0 Å². The van der Waals surface area contributed by atoms with Crippen LogP contribution in [0.4, 0.5) is 11.4 Å². The van der Waals surface area contributed by atoms with Crippen LogP contribution in [0.2, 0.25) is 0 Å². The number of benzene rings is 1. The number of aromatic hydroxyl groups is 1. The molecule has 0 saturated heterocycles. The maximum absolute atomic E-state index is 11.4. The molecule has 100 valence electrons. The lowest BCUT2D eigenvalue weighted by atomic mass is 10.2. The van der Waals surface area contributed by atoms with E-state index in [0.29, 0.717) is 0 Å². The van der Waals surface area contributed by atoms with Crippen molar-refractivity contribution in [3.05, 3.63) is 22.2 Å². The zero-order chi connectivity index (χ0) is 14.1. The highest BCUT2D eigenvalue weighted by molar-refractivity contribution is 7.92. The van der Waals surface area contributed by atoms with Gasteiger partial charge in [-0.2, -0.15) is 0 Å². The number of sulfonamides is 1. The van der Waals surface area contributed by atoms with Crippen LogP contribution in [-0.4, -0.2) is 38.9 Å². The molecule has 0 radical (unpaired) electrons. The van der Waals surface area contributed by atoms with Crippen LogP contribution in [0.15, 0.2) is 12.1 Å². The number of methoxy groups -OCH3 is 1. The first-order chi connectivity index (χ1) is 8.18. The van der Waals surface area contributed by atoms with Crippen LogP contribution in [-0.2, 0) is 10.0 Å². The molecular formula is C9H12N2O6S. The summed E-state index contributed by atoms with van der Waals surface area (Å²) in [6.07, 6.45) is 0.950. The molecule has 9 heteroatoms. The molecule has 0 heterocycles. The van der Waals surface area contributed by atoms with Crippen molar-refractivity contribution in [1.29, 1.82) is 0 Å². The molecule has 0 atom stereocenters. The Morgan fingerprint density at radius 1 is 1.44 bits per heavy atom. The van der Waals surface area contributed by atoms with E-state index in [4.69, 9.17) is 4.74 Å². The Balaban J connectivity index is 3.51. The number of phenolic OH excluding ortho intramolecular Hbond substituents is 1. The Morgan fingerprint density at radius 3 is 2.39 bits per heavy atom. The molecule has 1 rings (SSSR count). The Bertz CT molecular complexity index is 583. The van der Waals surface area contributed by atoms with E-state index in [2.05, 4.69) is 0 Å². The topological polar surface area (TPSA) is 110 Å². The first-order valence-corrected chi connectivity index (χ1v) is 6.52. The first kappa shape index (κ1) is 14.0. The highest BCUT2D eigenvalue weighted by Gasteiger charge is 2.23. The lowest BCUT2D eigenvalue weighted by Crippen LogP contribution is -2.25. The van der Waals surface area contributed by atoms with E-state index in [1.807, 2.05) is 0 Å². The van der Waals surface area contributed by atoms with Crippen LogP contribution in [0.1, 0.15) is 0 Å². The summed E-state index contributed by atoms with van der Waals surface area (Å²) in [5.41, 5.74) is -0.620. The second-order valence-corrected chi connectivity index (χ2v) is 5.51. The Kier molecular flexibility index (Phi) is 3.65. The summed E-state index contributed by atoms with van der Waals surface area (Å²) < 4.78 is 28.5. The predicted molar refractivity (Wildman–Crippen MR) is 64.6 cm³/mol. The molecule has 0 unspecified atom stereocenters. The zero-order valence-electron chi connectivity index (χ0n) is 9.95. The van der Waals surface area contributed by atoms with Crippen molar-refractivity contribution in [3.8, 4) is 11.5 Å². The third-order valence-electron chi connectivity index (χ3n) is 2.31. The summed E-state index contributed by atoms with van der Waals surface area (Å²) >= 11 is 0. The summed E-state index contributed by atoms with van der Waals surface area (Å²) in [6, 6.07) is 1.93. The molecule has 0 aliphatic heterocycles. The Labute approximate surface area is 104 Å². The fourth-order valence-corrected chi connectivity index (χ4v) is 1.78. The van der Waals surface area contributed by atoms with Gasteiger partial charge in [0.15, 0.2) is 5.75 Å². The zero-order valence-corrected chi connectivity index (χ0v) is 10.8. The van der Waals surface area contributed by atoms with E-state index in [9.17, 15) is 23.6 Å². The van der Waals surface area contributed by atoms with Crippen LogP contribution >= 0.6 is 0 Å². The minimum Gasteiger partial charge on any atom is -0.502 e. The largest absolute Gasteiger partial charge is 0.502 e. The molecule has 0 aromatic heterocycles. The number of anilines is 1. The van der Waals surface area contributed by atoms with Gasteiger partial charge in [-0.1, -0.05) is 0 Å². The van der Waals surface area contributed by atoms with Crippen LogP contribution in [0.25, 0.3) is 0 Å². The molecule has 1 aromatic carbocycles. The van der Waals surface area contributed by atoms with Crippen molar-refractivity contribution in [2.45, 2.75) is 0 Å². The molecule has 0 amide bonds. The molecule has 0 aliphatic rings. The van der Waals surface area contributed by atoms with Gasteiger partial charge >= 0.3 is 5.69 Å². The van der Waals surface area contributed by atoms with E-state index in [1.54, 1.807) is 0 Å². The normalized spacial score (nSPS) is 11.1. The van der Waals surface area contributed by atoms with E-state index in [1.165, 1.54) is 14.2 Å². The summed E-state index contributed by atoms with van der Waals surface area (Å²) in [5, 5.41) is 20.1. The minimum atomic E-state index is -3.59. The number of ether oxygens (including phenoxy) is 1. The Morgan fingerprint density at radius 2 is 2.00 bits per heavy atom. The van der Waals surface area contributed by atoms with Gasteiger partial charge < -0.3 is 9.84 Å². The summed E-state index contributed by atoms with van der Waals surface area (Å²) in [4.78, 5) is 9.87. The molecule has 0 spiro atoms. The molecule has 8 nitrogen and oxygen atoms in total.